The van der Waals surface area contributed by atoms with Crippen LogP contribution in [0.2, 0.25) is 0 Å². The van der Waals surface area contributed by atoms with Crippen molar-refractivity contribution in [2.24, 2.45) is 5.41 Å². The molecule has 0 aromatic heterocycles. The van der Waals surface area contributed by atoms with Crippen molar-refractivity contribution in [1.82, 2.24) is 0 Å². The lowest BCUT2D eigenvalue weighted by molar-refractivity contribution is -0.134. The average Bonchev–Trinajstić information content (AvgIpc) is 2.17. The third-order valence-corrected chi connectivity index (χ3v) is 3.76. The van der Waals surface area contributed by atoms with Crippen LogP contribution in [0.25, 0.3) is 0 Å². The fourth-order valence-corrected chi connectivity index (χ4v) is 2.86. The van der Waals surface area contributed by atoms with Gasteiger partial charge in [0.2, 0.25) is 5.83 Å². The Bertz CT molecular complexity index is 288. The molecule has 14 heavy (non-hydrogen) atoms. The number of hydrogen-bond donors (Lipinski definition) is 1. The van der Waals surface area contributed by atoms with Crippen LogP contribution in [0.5, 0.6) is 0 Å². The van der Waals surface area contributed by atoms with E-state index in [0.29, 0.717) is 12.0 Å². The van der Waals surface area contributed by atoms with Crippen molar-refractivity contribution in [1.29, 1.82) is 0 Å². The molecule has 0 amide bonds. The van der Waals surface area contributed by atoms with E-state index >= 15 is 0 Å². The number of carbonyl (C=O) groups is 1. The van der Waals surface area contributed by atoms with Crippen molar-refractivity contribution in [3.63, 3.8) is 0 Å². The molecule has 0 heterocycles. The molecule has 2 rings (SSSR count). The summed E-state index contributed by atoms with van der Waals surface area (Å²) in [4.78, 5) is 10.5. The van der Waals surface area contributed by atoms with Gasteiger partial charge >= 0.3 is 5.97 Å². The zero-order valence-electron chi connectivity index (χ0n) is 8.18. The molecule has 0 aromatic carbocycles. The van der Waals surface area contributed by atoms with Crippen molar-refractivity contribution in [3.8, 4) is 0 Å². The largest absolute Gasteiger partial charge is 0.476 e. The van der Waals surface area contributed by atoms with Crippen LogP contribution in [0, 0.1) is 5.41 Å². The van der Waals surface area contributed by atoms with Crippen LogP contribution < -0.4 is 0 Å². The maximum Gasteiger partial charge on any atom is 0.364 e. The van der Waals surface area contributed by atoms with E-state index in [0.717, 1.165) is 32.1 Å². The monoisotopic (exact) mass is 198 g/mol. The summed E-state index contributed by atoms with van der Waals surface area (Å²) in [5.74, 6) is -2.26. The molecule has 0 radical (unpaired) electrons. The van der Waals surface area contributed by atoms with E-state index in [1.54, 1.807) is 0 Å². The molecular weight excluding hydrogens is 183 g/mol. The van der Waals surface area contributed by atoms with Gasteiger partial charge in [-0.15, -0.1) is 0 Å². The van der Waals surface area contributed by atoms with Gasteiger partial charge in [-0.1, -0.05) is 19.3 Å². The summed E-state index contributed by atoms with van der Waals surface area (Å²) in [5, 5.41) is 8.60. The van der Waals surface area contributed by atoms with E-state index in [1.807, 2.05) is 0 Å². The molecule has 2 aliphatic rings. The van der Waals surface area contributed by atoms with Crippen molar-refractivity contribution < 1.29 is 14.3 Å². The second-order valence-electron chi connectivity index (χ2n) is 4.44. The van der Waals surface area contributed by atoms with Crippen LogP contribution in [0.15, 0.2) is 11.4 Å². The molecule has 2 nitrogen and oxygen atoms in total. The van der Waals surface area contributed by atoms with Gasteiger partial charge in [0.15, 0.2) is 0 Å². The highest BCUT2D eigenvalue weighted by Crippen LogP contribution is 2.56. The van der Waals surface area contributed by atoms with Crippen LogP contribution in [-0.4, -0.2) is 11.1 Å². The molecule has 2 aliphatic carbocycles. The minimum atomic E-state index is -1.38. The minimum absolute atomic E-state index is 0.0548. The third-order valence-electron chi connectivity index (χ3n) is 3.76. The fourth-order valence-electron chi connectivity index (χ4n) is 2.86. The zero-order chi connectivity index (χ0) is 10.2. The number of aliphatic carboxylic acids is 1. The van der Waals surface area contributed by atoms with E-state index in [-0.39, 0.29) is 5.41 Å². The summed E-state index contributed by atoms with van der Waals surface area (Å²) in [6.07, 6.45) is 7.07. The number of halogens is 1. The number of carboxylic acids is 1. The van der Waals surface area contributed by atoms with Crippen LogP contribution in [0.4, 0.5) is 4.39 Å². The number of rotatable bonds is 1. The van der Waals surface area contributed by atoms with Gasteiger partial charge in [0.1, 0.15) is 0 Å². The summed E-state index contributed by atoms with van der Waals surface area (Å²) in [5.41, 5.74) is 0.533. The first-order valence-corrected chi connectivity index (χ1v) is 5.28. The maximum absolute atomic E-state index is 13.3. The van der Waals surface area contributed by atoms with Gasteiger partial charge in [-0.3, -0.25) is 0 Å². The van der Waals surface area contributed by atoms with Gasteiger partial charge in [-0.05, 0) is 36.7 Å². The van der Waals surface area contributed by atoms with Gasteiger partial charge in [0.25, 0.3) is 0 Å². The lowest BCUT2D eigenvalue weighted by Crippen LogP contribution is -2.36. The molecule has 3 heteroatoms. The molecule has 1 N–H and O–H groups in total. The third kappa shape index (κ3) is 1.35. The topological polar surface area (TPSA) is 37.3 Å². The Hall–Kier alpha value is -0.860. The standard InChI is InChI=1S/C11H15FO2/c12-9(10(13)14)8-4-7-11(8)5-2-1-3-6-11/h1-7H2,(H,13,14)/b9-8-. The normalized spacial score (nSPS) is 28.4. The van der Waals surface area contributed by atoms with Gasteiger partial charge < -0.3 is 5.11 Å². The molecule has 0 aliphatic heterocycles. The SMILES string of the molecule is O=C(O)/C(F)=C1\CCC12CCCCC2. The van der Waals surface area contributed by atoms with Gasteiger partial charge in [0.05, 0.1) is 0 Å². The van der Waals surface area contributed by atoms with Gasteiger partial charge in [-0.2, -0.15) is 4.39 Å². The summed E-state index contributed by atoms with van der Waals surface area (Å²) in [6.45, 7) is 0. The quantitative estimate of drug-likeness (QED) is 0.657. The first-order chi connectivity index (χ1) is 6.66. The summed E-state index contributed by atoms with van der Waals surface area (Å²) in [6, 6.07) is 0. The molecule has 78 valence electrons. The Kier molecular flexibility index (Phi) is 2.33. The molecule has 0 bridgehead atoms. The average molecular weight is 198 g/mol. The predicted octanol–water partition coefficient (Wildman–Crippen LogP) is 3.04. The van der Waals surface area contributed by atoms with E-state index in [4.69, 9.17) is 5.11 Å². The fraction of sp³-hybridized carbons (Fsp3) is 0.727. The summed E-state index contributed by atoms with van der Waals surface area (Å²) >= 11 is 0. The predicted molar refractivity (Wildman–Crippen MR) is 50.5 cm³/mol. The smallest absolute Gasteiger partial charge is 0.364 e. The van der Waals surface area contributed by atoms with Crippen molar-refractivity contribution in [2.45, 2.75) is 44.9 Å². The highest BCUT2D eigenvalue weighted by molar-refractivity contribution is 5.85. The van der Waals surface area contributed by atoms with Crippen LogP contribution >= 0.6 is 0 Å². The number of carboxylic acid groups (broad SMARTS) is 1. The molecule has 0 unspecified atom stereocenters. The summed E-state index contributed by atoms with van der Waals surface area (Å²) in [7, 11) is 0. The summed E-state index contributed by atoms with van der Waals surface area (Å²) < 4.78 is 13.3. The first-order valence-electron chi connectivity index (χ1n) is 5.28. The molecule has 2 saturated carbocycles. The second-order valence-corrected chi connectivity index (χ2v) is 4.44. The lowest BCUT2D eigenvalue weighted by Gasteiger charge is -2.47. The van der Waals surface area contributed by atoms with Crippen LogP contribution in [-0.2, 0) is 4.79 Å². The second kappa shape index (κ2) is 3.37. The molecule has 0 atom stereocenters. The minimum Gasteiger partial charge on any atom is -0.476 e. The van der Waals surface area contributed by atoms with Crippen LogP contribution in [0.3, 0.4) is 0 Å². The van der Waals surface area contributed by atoms with E-state index in [9.17, 15) is 9.18 Å². The number of allylic oxidation sites excluding steroid dienone is 1. The Balaban J connectivity index is 2.22. The number of hydrogen-bond acceptors (Lipinski definition) is 1. The highest BCUT2D eigenvalue weighted by atomic mass is 19.1. The maximum atomic E-state index is 13.3. The van der Waals surface area contributed by atoms with Crippen molar-refractivity contribution in [2.75, 3.05) is 0 Å². The highest BCUT2D eigenvalue weighted by Gasteiger charge is 2.45. The Labute approximate surface area is 82.8 Å². The molecule has 0 aromatic rings. The van der Waals surface area contributed by atoms with E-state index < -0.39 is 11.8 Å². The Morgan fingerprint density at radius 1 is 1.21 bits per heavy atom. The molecular formula is C11H15FO2. The van der Waals surface area contributed by atoms with E-state index in [1.165, 1.54) is 6.42 Å². The zero-order valence-corrected chi connectivity index (χ0v) is 8.18. The Morgan fingerprint density at radius 2 is 1.86 bits per heavy atom. The van der Waals surface area contributed by atoms with Gasteiger partial charge in [0, 0.05) is 0 Å². The Morgan fingerprint density at radius 3 is 2.29 bits per heavy atom. The first kappa shape index (κ1) is 9.69. The molecule has 0 saturated heterocycles. The van der Waals surface area contributed by atoms with Gasteiger partial charge in [-0.25, -0.2) is 4.79 Å². The van der Waals surface area contributed by atoms with Crippen molar-refractivity contribution in [3.05, 3.63) is 11.4 Å². The van der Waals surface area contributed by atoms with E-state index in [2.05, 4.69) is 0 Å². The lowest BCUT2D eigenvalue weighted by atomic mass is 9.57. The molecule has 2 fully saturated rings. The van der Waals surface area contributed by atoms with Crippen molar-refractivity contribution >= 4 is 5.97 Å². The van der Waals surface area contributed by atoms with Crippen LogP contribution in [0.1, 0.15) is 44.9 Å². The molecule has 1 spiro atoms.